The van der Waals surface area contributed by atoms with Crippen molar-refractivity contribution in [1.29, 1.82) is 0 Å². The molecule has 0 spiro atoms. The minimum atomic E-state index is -0.137. The molecule has 1 fully saturated rings. The smallest absolute Gasteiger partial charge is 0.224 e. The second-order valence-corrected chi connectivity index (χ2v) is 5.10. The first-order valence-electron chi connectivity index (χ1n) is 6.80. The zero-order chi connectivity index (χ0) is 13.4. The monoisotopic (exact) mass is 294 g/mol. The summed E-state index contributed by atoms with van der Waals surface area (Å²) >= 11 is 0. The van der Waals surface area contributed by atoms with Gasteiger partial charge in [0.2, 0.25) is 5.91 Å². The predicted molar refractivity (Wildman–Crippen MR) is 77.4 cm³/mol. The highest BCUT2D eigenvalue weighted by Gasteiger charge is 2.16. The highest BCUT2D eigenvalue weighted by molar-refractivity contribution is 5.85. The summed E-state index contributed by atoms with van der Waals surface area (Å²) in [6, 6.07) is -0.108. The number of hydrogen-bond acceptors (Lipinski definition) is 4. The summed E-state index contributed by atoms with van der Waals surface area (Å²) in [4.78, 5) is 11.6. The topological polar surface area (TPSA) is 73.6 Å². The molecule has 0 radical (unpaired) electrons. The van der Waals surface area contributed by atoms with Crippen LogP contribution >= 0.6 is 12.4 Å². The van der Waals surface area contributed by atoms with E-state index in [1.165, 1.54) is 0 Å². The Kier molecular flexibility index (Phi) is 10.2. The molecule has 0 saturated carbocycles. The Morgan fingerprint density at radius 2 is 2.26 bits per heavy atom. The normalized spacial score (nSPS) is 21.5. The molecule has 1 saturated heterocycles. The quantitative estimate of drug-likeness (QED) is 0.654. The third kappa shape index (κ3) is 7.72. The highest BCUT2D eigenvalue weighted by atomic mass is 35.5. The van der Waals surface area contributed by atoms with E-state index >= 15 is 0 Å². The summed E-state index contributed by atoms with van der Waals surface area (Å²) in [6.45, 7) is 7.47. The average Bonchev–Trinajstić information content (AvgIpc) is 2.85. The lowest BCUT2D eigenvalue weighted by molar-refractivity contribution is -0.124. The number of carbonyl (C=O) groups is 1. The molecule has 0 aromatic carbocycles. The number of halogens is 1. The molecule has 1 aliphatic heterocycles. The van der Waals surface area contributed by atoms with Crippen LogP contribution in [0.1, 0.15) is 26.7 Å². The van der Waals surface area contributed by atoms with Gasteiger partial charge in [-0.1, -0.05) is 6.92 Å². The Bertz CT molecular complexity index is 246. The van der Waals surface area contributed by atoms with E-state index < -0.39 is 0 Å². The SMILES string of the molecule is CC(N)C(C)C(=O)NCCCOCC1CCOC1.Cl. The summed E-state index contributed by atoms with van der Waals surface area (Å²) < 4.78 is 10.8. The molecule has 1 rings (SSSR count). The Labute approximate surface area is 122 Å². The van der Waals surface area contributed by atoms with Gasteiger partial charge >= 0.3 is 0 Å². The van der Waals surface area contributed by atoms with Gasteiger partial charge in [-0.05, 0) is 19.8 Å². The van der Waals surface area contributed by atoms with Gasteiger partial charge in [0.15, 0.2) is 0 Å². The van der Waals surface area contributed by atoms with Crippen molar-refractivity contribution in [3.63, 3.8) is 0 Å². The maximum atomic E-state index is 11.6. The third-order valence-electron chi connectivity index (χ3n) is 3.34. The number of nitrogens with one attached hydrogen (secondary N) is 1. The van der Waals surface area contributed by atoms with E-state index in [4.69, 9.17) is 15.2 Å². The van der Waals surface area contributed by atoms with Crippen LogP contribution in [0.2, 0.25) is 0 Å². The van der Waals surface area contributed by atoms with Crippen LogP contribution in [-0.2, 0) is 14.3 Å². The fourth-order valence-corrected chi connectivity index (χ4v) is 1.75. The Hall–Kier alpha value is -0.360. The van der Waals surface area contributed by atoms with Crippen LogP contribution in [0.3, 0.4) is 0 Å². The standard InChI is InChI=1S/C13H26N2O3.ClH/c1-10(11(2)14)13(16)15-5-3-6-17-8-12-4-7-18-9-12;/h10-12H,3-9,14H2,1-2H3,(H,15,16);1H. The van der Waals surface area contributed by atoms with Crippen LogP contribution in [0.15, 0.2) is 0 Å². The second-order valence-electron chi connectivity index (χ2n) is 5.10. The van der Waals surface area contributed by atoms with Gasteiger partial charge in [-0.3, -0.25) is 4.79 Å². The van der Waals surface area contributed by atoms with E-state index in [9.17, 15) is 4.79 Å². The van der Waals surface area contributed by atoms with Crippen molar-refractivity contribution in [3.8, 4) is 0 Å². The lowest BCUT2D eigenvalue weighted by atomic mass is 10.0. The molecule has 5 nitrogen and oxygen atoms in total. The molecular weight excluding hydrogens is 268 g/mol. The van der Waals surface area contributed by atoms with Crippen LogP contribution in [-0.4, -0.2) is 44.9 Å². The first-order chi connectivity index (χ1) is 8.61. The van der Waals surface area contributed by atoms with Crippen molar-refractivity contribution in [1.82, 2.24) is 5.32 Å². The summed E-state index contributed by atoms with van der Waals surface area (Å²) in [5.74, 6) is 0.438. The van der Waals surface area contributed by atoms with Crippen molar-refractivity contribution >= 4 is 18.3 Å². The first kappa shape index (κ1) is 18.6. The third-order valence-corrected chi connectivity index (χ3v) is 3.34. The summed E-state index contributed by atoms with van der Waals surface area (Å²) in [7, 11) is 0. The zero-order valence-electron chi connectivity index (χ0n) is 11.9. The minimum absolute atomic E-state index is 0. The summed E-state index contributed by atoms with van der Waals surface area (Å²) in [5, 5.41) is 2.87. The van der Waals surface area contributed by atoms with Crippen LogP contribution in [0.25, 0.3) is 0 Å². The molecule has 0 bridgehead atoms. The van der Waals surface area contributed by atoms with E-state index in [1.807, 2.05) is 13.8 Å². The second kappa shape index (κ2) is 10.4. The van der Waals surface area contributed by atoms with Crippen LogP contribution in [0.5, 0.6) is 0 Å². The van der Waals surface area contributed by atoms with E-state index in [0.717, 1.165) is 32.7 Å². The molecule has 114 valence electrons. The largest absolute Gasteiger partial charge is 0.381 e. The molecule has 3 N–H and O–H groups in total. The van der Waals surface area contributed by atoms with Gasteiger partial charge in [-0.25, -0.2) is 0 Å². The molecule has 19 heavy (non-hydrogen) atoms. The fourth-order valence-electron chi connectivity index (χ4n) is 1.75. The maximum Gasteiger partial charge on any atom is 0.224 e. The number of ether oxygens (including phenoxy) is 2. The average molecular weight is 295 g/mol. The molecule has 1 amide bonds. The van der Waals surface area contributed by atoms with Gasteiger partial charge in [0.05, 0.1) is 13.2 Å². The van der Waals surface area contributed by atoms with E-state index in [0.29, 0.717) is 19.1 Å². The number of rotatable bonds is 8. The van der Waals surface area contributed by atoms with E-state index in [2.05, 4.69) is 5.32 Å². The maximum absolute atomic E-state index is 11.6. The Morgan fingerprint density at radius 3 is 2.84 bits per heavy atom. The first-order valence-corrected chi connectivity index (χ1v) is 6.80. The fraction of sp³-hybridized carbons (Fsp3) is 0.923. The molecule has 6 heteroatoms. The lowest BCUT2D eigenvalue weighted by Gasteiger charge is -2.15. The number of amides is 1. The van der Waals surface area contributed by atoms with Crippen LogP contribution in [0.4, 0.5) is 0 Å². The number of nitrogens with two attached hydrogens (primary N) is 1. The van der Waals surface area contributed by atoms with Gasteiger partial charge in [-0.2, -0.15) is 0 Å². The minimum Gasteiger partial charge on any atom is -0.381 e. The summed E-state index contributed by atoms with van der Waals surface area (Å²) in [5.41, 5.74) is 5.66. The molecule has 1 aliphatic rings. The molecule has 3 unspecified atom stereocenters. The molecule has 0 aromatic heterocycles. The van der Waals surface area contributed by atoms with E-state index in [1.54, 1.807) is 0 Å². The number of hydrogen-bond donors (Lipinski definition) is 2. The van der Waals surface area contributed by atoms with Gasteiger partial charge in [-0.15, -0.1) is 12.4 Å². The van der Waals surface area contributed by atoms with Gasteiger partial charge in [0.25, 0.3) is 0 Å². The number of carbonyl (C=O) groups excluding carboxylic acids is 1. The predicted octanol–water partition coefficient (Wildman–Crippen LogP) is 0.951. The highest BCUT2D eigenvalue weighted by Crippen LogP contribution is 2.12. The van der Waals surface area contributed by atoms with Gasteiger partial charge < -0.3 is 20.5 Å². The lowest BCUT2D eigenvalue weighted by Crippen LogP contribution is -2.39. The molecule has 3 atom stereocenters. The molecule has 0 aromatic rings. The van der Waals surface area contributed by atoms with Crippen molar-refractivity contribution in [3.05, 3.63) is 0 Å². The Morgan fingerprint density at radius 1 is 1.53 bits per heavy atom. The van der Waals surface area contributed by atoms with Crippen molar-refractivity contribution < 1.29 is 14.3 Å². The Balaban J connectivity index is 0.00000324. The molecule has 1 heterocycles. The van der Waals surface area contributed by atoms with Crippen LogP contribution < -0.4 is 11.1 Å². The van der Waals surface area contributed by atoms with Crippen molar-refractivity contribution in [2.75, 3.05) is 33.0 Å². The van der Waals surface area contributed by atoms with Gasteiger partial charge in [0.1, 0.15) is 0 Å². The van der Waals surface area contributed by atoms with Crippen molar-refractivity contribution in [2.45, 2.75) is 32.7 Å². The van der Waals surface area contributed by atoms with Crippen LogP contribution in [0, 0.1) is 11.8 Å². The van der Waals surface area contributed by atoms with Crippen molar-refractivity contribution in [2.24, 2.45) is 17.6 Å². The zero-order valence-corrected chi connectivity index (χ0v) is 12.7. The van der Waals surface area contributed by atoms with E-state index in [-0.39, 0.29) is 30.3 Å². The van der Waals surface area contributed by atoms with Gasteiger partial charge in [0, 0.05) is 37.6 Å². The summed E-state index contributed by atoms with van der Waals surface area (Å²) in [6.07, 6.45) is 1.94. The molecular formula is C13H27ClN2O3. The molecule has 0 aliphatic carbocycles.